The first-order chi connectivity index (χ1) is 12.2. The summed E-state index contributed by atoms with van der Waals surface area (Å²) in [7, 11) is 0. The van der Waals surface area contributed by atoms with Crippen molar-refractivity contribution >= 4 is 34.5 Å². The molecule has 2 aromatic rings. The molecule has 1 aliphatic carbocycles. The van der Waals surface area contributed by atoms with Crippen LogP contribution < -0.4 is 10.2 Å². The fourth-order valence-electron chi connectivity index (χ4n) is 3.89. The fraction of sp³-hybridized carbons (Fsp3) is 0.400. The molecule has 0 atom stereocenters. The lowest BCUT2D eigenvalue weighted by molar-refractivity contribution is -0.117. The third kappa shape index (κ3) is 3.47. The molecule has 0 bridgehead atoms. The minimum atomic E-state index is 0.0446. The summed E-state index contributed by atoms with van der Waals surface area (Å²) in [6, 6.07) is 9.68. The van der Waals surface area contributed by atoms with Crippen LogP contribution in [0.25, 0.3) is 0 Å². The van der Waals surface area contributed by atoms with Gasteiger partial charge in [0.1, 0.15) is 0 Å². The lowest BCUT2D eigenvalue weighted by atomic mass is 10.0. The zero-order chi connectivity index (χ0) is 17.2. The summed E-state index contributed by atoms with van der Waals surface area (Å²) in [5.41, 5.74) is 2.88. The topological polar surface area (TPSA) is 49.4 Å². The fourth-order valence-corrected chi connectivity index (χ4v) is 4.56. The van der Waals surface area contributed by atoms with Crippen molar-refractivity contribution in [3.63, 3.8) is 0 Å². The summed E-state index contributed by atoms with van der Waals surface area (Å²) in [4.78, 5) is 27.5. The van der Waals surface area contributed by atoms with Crippen LogP contribution in [-0.4, -0.2) is 18.4 Å². The highest BCUT2D eigenvalue weighted by atomic mass is 32.1. The van der Waals surface area contributed by atoms with Gasteiger partial charge in [-0.05, 0) is 54.3 Å². The van der Waals surface area contributed by atoms with E-state index < -0.39 is 0 Å². The Morgan fingerprint density at radius 1 is 1.20 bits per heavy atom. The molecule has 2 amide bonds. The van der Waals surface area contributed by atoms with Gasteiger partial charge in [0.25, 0.3) is 5.91 Å². The van der Waals surface area contributed by atoms with Gasteiger partial charge in [-0.2, -0.15) is 0 Å². The lowest BCUT2D eigenvalue weighted by Crippen LogP contribution is -2.28. The molecule has 25 heavy (non-hydrogen) atoms. The van der Waals surface area contributed by atoms with Crippen molar-refractivity contribution in [2.45, 2.75) is 38.5 Å². The molecule has 1 aromatic carbocycles. The molecule has 0 unspecified atom stereocenters. The second-order valence-corrected chi connectivity index (χ2v) is 7.88. The molecular formula is C20H22N2O2S. The van der Waals surface area contributed by atoms with E-state index in [1.807, 2.05) is 40.6 Å². The number of rotatable bonds is 4. The Balaban J connectivity index is 1.48. The van der Waals surface area contributed by atoms with Crippen LogP contribution in [0.5, 0.6) is 0 Å². The zero-order valence-electron chi connectivity index (χ0n) is 14.2. The first kappa shape index (κ1) is 16.3. The lowest BCUT2D eigenvalue weighted by Gasteiger charge is -2.17. The smallest absolute Gasteiger partial charge is 0.268 e. The van der Waals surface area contributed by atoms with E-state index in [-0.39, 0.29) is 11.8 Å². The Morgan fingerprint density at radius 3 is 2.80 bits per heavy atom. The molecule has 1 fully saturated rings. The molecule has 0 spiro atoms. The van der Waals surface area contributed by atoms with E-state index in [1.165, 1.54) is 42.6 Å². The maximum atomic E-state index is 12.7. The highest BCUT2D eigenvalue weighted by Crippen LogP contribution is 2.33. The van der Waals surface area contributed by atoms with Crippen LogP contribution in [-0.2, 0) is 11.2 Å². The van der Waals surface area contributed by atoms with E-state index in [2.05, 4.69) is 5.32 Å². The Kier molecular flexibility index (Phi) is 4.57. The van der Waals surface area contributed by atoms with Gasteiger partial charge in [0.05, 0.1) is 4.88 Å². The van der Waals surface area contributed by atoms with Crippen LogP contribution in [0.4, 0.5) is 11.4 Å². The zero-order valence-corrected chi connectivity index (χ0v) is 15.0. The average molecular weight is 354 g/mol. The van der Waals surface area contributed by atoms with E-state index >= 15 is 0 Å². The Hall–Kier alpha value is -2.14. The minimum absolute atomic E-state index is 0.0446. The van der Waals surface area contributed by atoms with E-state index in [0.717, 1.165) is 22.7 Å². The molecule has 1 aliphatic heterocycles. The van der Waals surface area contributed by atoms with Gasteiger partial charge in [0.2, 0.25) is 5.91 Å². The van der Waals surface area contributed by atoms with E-state index in [9.17, 15) is 9.59 Å². The van der Waals surface area contributed by atoms with E-state index in [1.54, 1.807) is 0 Å². The van der Waals surface area contributed by atoms with Crippen LogP contribution in [0.2, 0.25) is 0 Å². The summed E-state index contributed by atoms with van der Waals surface area (Å²) < 4.78 is 0. The monoisotopic (exact) mass is 354 g/mol. The maximum Gasteiger partial charge on any atom is 0.268 e. The van der Waals surface area contributed by atoms with Gasteiger partial charge in [0, 0.05) is 24.3 Å². The van der Waals surface area contributed by atoms with Crippen LogP contribution in [0.3, 0.4) is 0 Å². The van der Waals surface area contributed by atoms with E-state index in [4.69, 9.17) is 0 Å². The van der Waals surface area contributed by atoms with Crippen LogP contribution in [0.1, 0.15) is 47.3 Å². The number of amides is 2. The van der Waals surface area contributed by atoms with Gasteiger partial charge in [-0.15, -0.1) is 11.3 Å². The molecule has 2 aliphatic rings. The van der Waals surface area contributed by atoms with Gasteiger partial charge in [0.15, 0.2) is 0 Å². The number of nitrogens with zero attached hydrogens (tertiary/aromatic N) is 1. The van der Waals surface area contributed by atoms with Crippen molar-refractivity contribution in [1.29, 1.82) is 0 Å². The van der Waals surface area contributed by atoms with Crippen LogP contribution in [0, 0.1) is 5.92 Å². The molecule has 130 valence electrons. The van der Waals surface area contributed by atoms with E-state index in [0.29, 0.717) is 18.9 Å². The van der Waals surface area contributed by atoms with Gasteiger partial charge < -0.3 is 10.2 Å². The maximum absolute atomic E-state index is 12.7. The number of nitrogens with one attached hydrogen (secondary N) is 1. The van der Waals surface area contributed by atoms with Crippen molar-refractivity contribution in [2.75, 3.05) is 16.8 Å². The first-order valence-electron chi connectivity index (χ1n) is 8.99. The second kappa shape index (κ2) is 7.00. The second-order valence-electron chi connectivity index (χ2n) is 6.93. The van der Waals surface area contributed by atoms with Gasteiger partial charge in [-0.3, -0.25) is 9.59 Å². The number of hydrogen-bond donors (Lipinski definition) is 1. The number of hydrogen-bond acceptors (Lipinski definition) is 3. The molecule has 0 radical (unpaired) electrons. The summed E-state index contributed by atoms with van der Waals surface area (Å²) >= 11 is 1.46. The van der Waals surface area contributed by atoms with Crippen LogP contribution in [0.15, 0.2) is 35.7 Å². The first-order valence-corrected chi connectivity index (χ1v) is 9.87. The molecular weight excluding hydrogens is 332 g/mol. The minimum Gasteiger partial charge on any atom is -0.326 e. The van der Waals surface area contributed by atoms with Crippen molar-refractivity contribution in [2.24, 2.45) is 5.92 Å². The van der Waals surface area contributed by atoms with Gasteiger partial charge >= 0.3 is 0 Å². The highest BCUT2D eigenvalue weighted by molar-refractivity contribution is 7.12. The van der Waals surface area contributed by atoms with Crippen molar-refractivity contribution in [1.82, 2.24) is 0 Å². The average Bonchev–Trinajstić information content (AvgIpc) is 3.35. The largest absolute Gasteiger partial charge is 0.326 e. The van der Waals surface area contributed by atoms with Crippen molar-refractivity contribution in [3.8, 4) is 0 Å². The molecule has 4 rings (SSSR count). The Labute approximate surface area is 151 Å². The van der Waals surface area contributed by atoms with Crippen LogP contribution >= 0.6 is 11.3 Å². The molecule has 1 saturated carbocycles. The van der Waals surface area contributed by atoms with Crippen molar-refractivity contribution < 1.29 is 9.59 Å². The third-order valence-corrected chi connectivity index (χ3v) is 6.05. The molecule has 0 saturated heterocycles. The number of carbonyl (C=O) groups excluding carboxylic acids is 2. The summed E-state index contributed by atoms with van der Waals surface area (Å²) in [5, 5.41) is 4.94. The van der Waals surface area contributed by atoms with Gasteiger partial charge in [-0.1, -0.05) is 25.0 Å². The molecule has 1 aromatic heterocycles. The summed E-state index contributed by atoms with van der Waals surface area (Å²) in [5.74, 6) is 0.662. The molecule has 2 heterocycles. The SMILES string of the molecule is O=C(CC1CCCC1)Nc1ccc2c(c1)N(C(=O)c1cccs1)CC2. The third-order valence-electron chi connectivity index (χ3n) is 5.19. The number of anilines is 2. The normalized spacial score (nSPS) is 16.9. The molecule has 4 nitrogen and oxygen atoms in total. The van der Waals surface area contributed by atoms with Crippen molar-refractivity contribution in [3.05, 3.63) is 46.2 Å². The standard InChI is InChI=1S/C20H22N2O2S/c23-19(12-14-4-1-2-5-14)21-16-8-7-15-9-10-22(17(15)13-16)20(24)18-6-3-11-25-18/h3,6-8,11,13-14H,1-2,4-5,9-10,12H2,(H,21,23). The Bertz CT molecular complexity index is 779. The number of benzene rings is 1. The molecule has 1 N–H and O–H groups in total. The summed E-state index contributed by atoms with van der Waals surface area (Å²) in [6.07, 6.45) is 6.30. The summed E-state index contributed by atoms with van der Waals surface area (Å²) in [6.45, 7) is 0.700. The van der Waals surface area contributed by atoms with Gasteiger partial charge in [-0.25, -0.2) is 0 Å². The quantitative estimate of drug-likeness (QED) is 0.881. The highest BCUT2D eigenvalue weighted by Gasteiger charge is 2.26. The molecule has 5 heteroatoms. The Morgan fingerprint density at radius 2 is 2.04 bits per heavy atom. The predicted octanol–water partition coefficient (Wildman–Crippen LogP) is 4.47. The number of thiophene rings is 1. The number of carbonyl (C=O) groups is 2. The number of fused-ring (bicyclic) bond motifs is 1. The predicted molar refractivity (Wildman–Crippen MR) is 101 cm³/mol.